The number of aromatic nitrogens is 1. The summed E-state index contributed by atoms with van der Waals surface area (Å²) in [5.74, 6) is 1.36. The molecule has 24 heavy (non-hydrogen) atoms. The van der Waals surface area contributed by atoms with Crippen LogP contribution in [0.3, 0.4) is 0 Å². The number of likely N-dealkylation sites (tertiary alicyclic amines) is 1. The number of nitrogens with two attached hydrogens (primary N) is 1. The van der Waals surface area contributed by atoms with Gasteiger partial charge in [0, 0.05) is 18.7 Å². The second-order valence-corrected chi connectivity index (χ2v) is 6.23. The van der Waals surface area contributed by atoms with E-state index >= 15 is 0 Å². The third-order valence-corrected chi connectivity index (χ3v) is 4.41. The highest BCUT2D eigenvalue weighted by Crippen LogP contribution is 2.32. The maximum absolute atomic E-state index is 12.8. The van der Waals surface area contributed by atoms with E-state index in [1.165, 1.54) is 6.07 Å². The number of benzene rings is 1. The van der Waals surface area contributed by atoms with Crippen molar-refractivity contribution in [2.45, 2.75) is 26.1 Å². The average Bonchev–Trinajstić information content (AvgIpc) is 3.14. The molecule has 130 valence electrons. The Morgan fingerprint density at radius 1 is 1.38 bits per heavy atom. The van der Waals surface area contributed by atoms with Gasteiger partial charge in [0.25, 0.3) is 0 Å². The molecule has 1 saturated heterocycles. The molecule has 1 aromatic heterocycles. The first-order valence-electron chi connectivity index (χ1n) is 7.93. The molecule has 4 nitrogen and oxygen atoms in total. The van der Waals surface area contributed by atoms with Crippen molar-refractivity contribution >= 4 is 0 Å². The Morgan fingerprint density at radius 3 is 2.83 bits per heavy atom. The standard InChI is InChI=1S/C17H20F3N3O/c1-11-15(10-23-6-5-12(8-21)9-23)22-16(24-11)13-3-2-4-14(7-13)17(18,19)20/h2-4,7,12H,5-6,8-10,21H2,1H3. The van der Waals surface area contributed by atoms with E-state index in [0.29, 0.717) is 30.3 Å². The van der Waals surface area contributed by atoms with Crippen LogP contribution in [-0.2, 0) is 12.7 Å². The van der Waals surface area contributed by atoms with Gasteiger partial charge < -0.3 is 10.2 Å². The van der Waals surface area contributed by atoms with Gasteiger partial charge in [-0.05, 0) is 50.6 Å². The number of nitrogens with zero attached hydrogens (tertiary/aromatic N) is 2. The van der Waals surface area contributed by atoms with Gasteiger partial charge in [-0.2, -0.15) is 13.2 Å². The van der Waals surface area contributed by atoms with Gasteiger partial charge in [0.1, 0.15) is 5.76 Å². The van der Waals surface area contributed by atoms with Crippen LogP contribution < -0.4 is 5.73 Å². The van der Waals surface area contributed by atoms with E-state index in [4.69, 9.17) is 10.2 Å². The predicted octanol–water partition coefficient (Wildman–Crippen LogP) is 3.45. The molecule has 2 N–H and O–H groups in total. The lowest BCUT2D eigenvalue weighted by molar-refractivity contribution is -0.137. The van der Waals surface area contributed by atoms with Crippen LogP contribution in [0, 0.1) is 12.8 Å². The minimum atomic E-state index is -4.38. The summed E-state index contributed by atoms with van der Waals surface area (Å²) < 4.78 is 44.1. The van der Waals surface area contributed by atoms with E-state index in [1.807, 2.05) is 0 Å². The molecule has 2 aromatic rings. The molecular formula is C17H20F3N3O. The Morgan fingerprint density at radius 2 is 2.17 bits per heavy atom. The second kappa shape index (κ2) is 6.57. The van der Waals surface area contributed by atoms with Crippen molar-refractivity contribution in [2.75, 3.05) is 19.6 Å². The summed E-state index contributed by atoms with van der Waals surface area (Å²) in [4.78, 5) is 6.66. The number of rotatable bonds is 4. The Labute approximate surface area is 138 Å². The average molecular weight is 339 g/mol. The number of alkyl halides is 3. The van der Waals surface area contributed by atoms with Crippen LogP contribution in [0.15, 0.2) is 28.7 Å². The van der Waals surface area contributed by atoms with Gasteiger partial charge in [-0.25, -0.2) is 4.98 Å². The molecule has 0 saturated carbocycles. The largest absolute Gasteiger partial charge is 0.441 e. The van der Waals surface area contributed by atoms with Crippen molar-refractivity contribution in [3.63, 3.8) is 0 Å². The first kappa shape index (κ1) is 17.0. The summed E-state index contributed by atoms with van der Waals surface area (Å²) in [5, 5.41) is 0. The van der Waals surface area contributed by atoms with Crippen molar-refractivity contribution < 1.29 is 17.6 Å². The van der Waals surface area contributed by atoms with Crippen molar-refractivity contribution in [3.8, 4) is 11.5 Å². The van der Waals surface area contributed by atoms with Crippen LogP contribution in [0.4, 0.5) is 13.2 Å². The lowest BCUT2D eigenvalue weighted by Gasteiger charge is -2.13. The lowest BCUT2D eigenvalue weighted by atomic mass is 10.1. The number of aryl methyl sites for hydroxylation is 1. The zero-order valence-corrected chi connectivity index (χ0v) is 13.4. The van der Waals surface area contributed by atoms with Crippen LogP contribution in [0.25, 0.3) is 11.5 Å². The summed E-state index contributed by atoms with van der Waals surface area (Å²) in [7, 11) is 0. The normalized spacial score (nSPS) is 19.1. The molecule has 0 aliphatic carbocycles. The fourth-order valence-corrected chi connectivity index (χ4v) is 2.99. The third kappa shape index (κ3) is 3.62. The SMILES string of the molecule is Cc1oc(-c2cccc(C(F)(F)F)c2)nc1CN1CCC(CN)C1. The molecule has 7 heteroatoms. The summed E-state index contributed by atoms with van der Waals surface area (Å²) in [5.41, 5.74) is 6.09. The van der Waals surface area contributed by atoms with Gasteiger partial charge in [-0.3, -0.25) is 4.90 Å². The van der Waals surface area contributed by atoms with Gasteiger partial charge in [0.15, 0.2) is 0 Å². The summed E-state index contributed by atoms with van der Waals surface area (Å²) in [6, 6.07) is 5.04. The van der Waals surface area contributed by atoms with Crippen molar-refractivity contribution in [2.24, 2.45) is 11.7 Å². The minimum Gasteiger partial charge on any atom is -0.441 e. The fourth-order valence-electron chi connectivity index (χ4n) is 2.99. The van der Waals surface area contributed by atoms with Crippen LogP contribution >= 0.6 is 0 Å². The molecule has 0 radical (unpaired) electrons. The second-order valence-electron chi connectivity index (χ2n) is 6.23. The van der Waals surface area contributed by atoms with Gasteiger partial charge in [-0.1, -0.05) is 6.07 Å². The van der Waals surface area contributed by atoms with E-state index in [0.717, 1.165) is 37.3 Å². The van der Waals surface area contributed by atoms with E-state index in [1.54, 1.807) is 13.0 Å². The molecule has 1 fully saturated rings. The predicted molar refractivity (Wildman–Crippen MR) is 84.1 cm³/mol. The van der Waals surface area contributed by atoms with Crippen LogP contribution in [-0.4, -0.2) is 29.5 Å². The first-order valence-corrected chi connectivity index (χ1v) is 7.93. The number of hydrogen-bond acceptors (Lipinski definition) is 4. The molecule has 0 bridgehead atoms. The van der Waals surface area contributed by atoms with Gasteiger partial charge >= 0.3 is 6.18 Å². The quantitative estimate of drug-likeness (QED) is 0.927. The minimum absolute atomic E-state index is 0.225. The summed E-state index contributed by atoms with van der Waals surface area (Å²) >= 11 is 0. The number of oxazole rings is 1. The molecule has 3 rings (SSSR count). The monoisotopic (exact) mass is 339 g/mol. The van der Waals surface area contributed by atoms with Crippen LogP contribution in [0.5, 0.6) is 0 Å². The molecule has 1 aliphatic heterocycles. The molecule has 0 amide bonds. The smallest absolute Gasteiger partial charge is 0.416 e. The summed E-state index contributed by atoms with van der Waals surface area (Å²) in [6.45, 7) is 4.96. The third-order valence-electron chi connectivity index (χ3n) is 4.41. The highest BCUT2D eigenvalue weighted by molar-refractivity contribution is 5.55. The molecule has 1 atom stereocenters. The van der Waals surface area contributed by atoms with E-state index in [-0.39, 0.29) is 5.89 Å². The van der Waals surface area contributed by atoms with Crippen molar-refractivity contribution in [1.82, 2.24) is 9.88 Å². The highest BCUT2D eigenvalue weighted by Gasteiger charge is 2.31. The van der Waals surface area contributed by atoms with Crippen LogP contribution in [0.1, 0.15) is 23.4 Å². The summed E-state index contributed by atoms with van der Waals surface area (Å²) in [6.07, 6.45) is -3.32. The molecular weight excluding hydrogens is 319 g/mol. The first-order chi connectivity index (χ1) is 11.4. The topological polar surface area (TPSA) is 55.3 Å². The van der Waals surface area contributed by atoms with Gasteiger partial charge in [0.05, 0.1) is 11.3 Å². The highest BCUT2D eigenvalue weighted by atomic mass is 19.4. The molecule has 1 aliphatic rings. The lowest BCUT2D eigenvalue weighted by Crippen LogP contribution is -2.23. The number of hydrogen-bond donors (Lipinski definition) is 1. The maximum Gasteiger partial charge on any atom is 0.416 e. The van der Waals surface area contributed by atoms with Crippen molar-refractivity contribution in [3.05, 3.63) is 41.3 Å². The maximum atomic E-state index is 12.8. The Bertz CT molecular complexity index is 711. The zero-order valence-electron chi connectivity index (χ0n) is 13.4. The molecule has 0 spiro atoms. The Balaban J connectivity index is 1.79. The van der Waals surface area contributed by atoms with Crippen molar-refractivity contribution in [1.29, 1.82) is 0 Å². The zero-order chi connectivity index (χ0) is 17.3. The molecule has 2 heterocycles. The van der Waals surface area contributed by atoms with Crippen LogP contribution in [0.2, 0.25) is 0 Å². The van der Waals surface area contributed by atoms with E-state index < -0.39 is 11.7 Å². The number of halogens is 3. The van der Waals surface area contributed by atoms with E-state index in [2.05, 4.69) is 9.88 Å². The molecule has 1 unspecified atom stereocenters. The molecule has 1 aromatic carbocycles. The van der Waals surface area contributed by atoms with E-state index in [9.17, 15) is 13.2 Å². The van der Waals surface area contributed by atoms with Gasteiger partial charge in [0.2, 0.25) is 5.89 Å². The Kier molecular flexibility index (Phi) is 4.64. The van der Waals surface area contributed by atoms with Gasteiger partial charge in [-0.15, -0.1) is 0 Å². The Hall–Kier alpha value is -1.86. The fraction of sp³-hybridized carbons (Fsp3) is 0.471.